The molecule has 0 aliphatic heterocycles. The number of phenolic OH excluding ortho intramolecular Hbond substituents is 1. The summed E-state index contributed by atoms with van der Waals surface area (Å²) in [5.41, 5.74) is 4.03. The van der Waals surface area contributed by atoms with E-state index in [0.29, 0.717) is 0 Å². The van der Waals surface area contributed by atoms with Crippen molar-refractivity contribution in [1.82, 2.24) is 0 Å². The maximum Gasteiger partial charge on any atom is 0.310 e. The highest BCUT2D eigenvalue weighted by Gasteiger charge is 2.65. The van der Waals surface area contributed by atoms with E-state index >= 15 is 0 Å². The molecule has 1 rings (SSSR count). The molecule has 1 aromatic carbocycles. The van der Waals surface area contributed by atoms with Crippen LogP contribution < -0.4 is 5.73 Å². The van der Waals surface area contributed by atoms with Crippen molar-refractivity contribution in [3.05, 3.63) is 17.2 Å². The van der Waals surface area contributed by atoms with Crippen molar-refractivity contribution in [3.8, 4) is 5.75 Å². The van der Waals surface area contributed by atoms with E-state index in [-0.39, 0.29) is 12.1 Å². The van der Waals surface area contributed by atoms with Gasteiger partial charge in [-0.15, -0.1) is 0 Å². The number of nitrogens with two attached hydrogens (primary N) is 1. The molecule has 0 atom stereocenters. The summed E-state index contributed by atoms with van der Waals surface area (Å²) in [5, 5.41) is 8.03. The Labute approximate surface area is 86.2 Å². The first-order valence-corrected chi connectivity index (χ1v) is 5.66. The van der Waals surface area contributed by atoms with Crippen LogP contribution in [0.2, 0.25) is 5.02 Å². The predicted octanol–water partition coefficient (Wildman–Crippen LogP) is 4.29. The smallest absolute Gasteiger partial charge is 0.310 e. The first kappa shape index (κ1) is 12.2. The van der Waals surface area contributed by atoms with Crippen LogP contribution in [0.5, 0.6) is 5.75 Å². The van der Waals surface area contributed by atoms with Crippen LogP contribution in [0.3, 0.4) is 0 Å². The molecule has 0 aliphatic rings. The number of hydrogen-bond acceptors (Lipinski definition) is 2. The predicted molar refractivity (Wildman–Crippen MR) is 48.9 cm³/mol. The fourth-order valence-corrected chi connectivity index (χ4v) is 1.80. The summed E-state index contributed by atoms with van der Waals surface area (Å²) in [6, 6.07) is -0.114. The molecule has 0 spiro atoms. The molecule has 88 valence electrons. The minimum absolute atomic E-state index is 0.0528. The fraction of sp³-hybridized carbons (Fsp3) is 0. The molecule has 15 heavy (non-hydrogen) atoms. The largest absolute Gasteiger partial charge is 0.504 e. The summed E-state index contributed by atoms with van der Waals surface area (Å²) in [6.07, 6.45) is 0. The van der Waals surface area contributed by atoms with E-state index in [0.717, 1.165) is 0 Å². The van der Waals surface area contributed by atoms with Gasteiger partial charge in [0.1, 0.15) is 4.90 Å². The zero-order valence-corrected chi connectivity index (χ0v) is 8.43. The second-order valence-electron chi connectivity index (χ2n) is 2.81. The lowest BCUT2D eigenvalue weighted by molar-refractivity contribution is 0.364. The van der Waals surface area contributed by atoms with Gasteiger partial charge in [0.15, 0.2) is 5.75 Å². The van der Waals surface area contributed by atoms with Crippen molar-refractivity contribution in [3.63, 3.8) is 0 Å². The molecule has 3 N–H and O–H groups in total. The third-order valence-electron chi connectivity index (χ3n) is 1.51. The van der Waals surface area contributed by atoms with Gasteiger partial charge in [-0.2, -0.15) is 0 Å². The van der Waals surface area contributed by atoms with Crippen LogP contribution in [0.15, 0.2) is 17.0 Å². The van der Waals surface area contributed by atoms with E-state index in [9.17, 15) is 19.4 Å². The van der Waals surface area contributed by atoms with E-state index in [4.69, 9.17) is 22.4 Å². The Morgan fingerprint density at radius 1 is 1.13 bits per heavy atom. The highest BCUT2D eigenvalue weighted by molar-refractivity contribution is 8.45. The second-order valence-corrected chi connectivity index (χ2v) is 5.63. The van der Waals surface area contributed by atoms with Crippen LogP contribution in [0.4, 0.5) is 25.1 Å². The third kappa shape index (κ3) is 2.57. The van der Waals surface area contributed by atoms with E-state index < -0.39 is 31.6 Å². The normalized spacial score (nSPS) is 16.9. The van der Waals surface area contributed by atoms with E-state index in [1.54, 1.807) is 0 Å². The van der Waals surface area contributed by atoms with Gasteiger partial charge in [-0.25, -0.2) is 0 Å². The zero-order valence-electron chi connectivity index (χ0n) is 6.86. The zero-order chi connectivity index (χ0) is 12.1. The first-order chi connectivity index (χ1) is 6.31. The van der Waals surface area contributed by atoms with Crippen molar-refractivity contribution >= 4 is 27.5 Å². The molecule has 0 bridgehead atoms. The van der Waals surface area contributed by atoms with Crippen LogP contribution in [0, 0.1) is 0 Å². The molecule has 0 unspecified atom stereocenters. The molecular formula is C6H5ClF5NOS. The Balaban J connectivity index is 3.58. The monoisotopic (exact) mass is 269 g/mol. The van der Waals surface area contributed by atoms with Crippen molar-refractivity contribution in [2.75, 3.05) is 5.73 Å². The highest BCUT2D eigenvalue weighted by Crippen LogP contribution is 3.02. The Morgan fingerprint density at radius 2 is 1.60 bits per heavy atom. The third-order valence-corrected chi connectivity index (χ3v) is 2.93. The Hall–Kier alpha value is -0.890. The molecular weight excluding hydrogens is 265 g/mol. The molecule has 1 aromatic rings. The van der Waals surface area contributed by atoms with E-state index in [2.05, 4.69) is 0 Å². The lowest BCUT2D eigenvalue weighted by Crippen LogP contribution is -2.06. The van der Waals surface area contributed by atoms with Gasteiger partial charge >= 0.3 is 10.2 Å². The molecule has 0 aromatic heterocycles. The SMILES string of the molecule is Nc1cc(S(F)(F)(F)(F)F)cc(Cl)c1O. The number of hydrogen-bond donors (Lipinski definition) is 2. The topological polar surface area (TPSA) is 46.2 Å². The standard InChI is InChI=1S/C6H5ClF5NOS/c7-4-1-3(2-5(13)6(4)14)15(8,9,10,11)12/h1-2,14H,13H2. The van der Waals surface area contributed by atoms with Crippen molar-refractivity contribution in [2.45, 2.75) is 4.90 Å². The minimum atomic E-state index is -9.80. The van der Waals surface area contributed by atoms with Gasteiger partial charge < -0.3 is 10.8 Å². The second kappa shape index (κ2) is 2.43. The van der Waals surface area contributed by atoms with Crippen molar-refractivity contribution < 1.29 is 24.5 Å². The molecule has 0 fully saturated rings. The molecule has 0 amide bonds. The van der Waals surface area contributed by atoms with E-state index in [1.807, 2.05) is 0 Å². The minimum Gasteiger partial charge on any atom is -0.504 e. The fourth-order valence-electron chi connectivity index (χ4n) is 0.817. The molecule has 2 nitrogen and oxygen atoms in total. The summed E-state index contributed by atoms with van der Waals surface area (Å²) >= 11 is 5.10. The van der Waals surface area contributed by atoms with Gasteiger partial charge in [-0.05, 0) is 12.1 Å². The molecule has 0 radical (unpaired) electrons. The number of halogens is 6. The Bertz CT molecular complexity index is 407. The average molecular weight is 270 g/mol. The van der Waals surface area contributed by atoms with Crippen molar-refractivity contribution in [2.24, 2.45) is 0 Å². The van der Waals surface area contributed by atoms with Crippen LogP contribution in [-0.2, 0) is 0 Å². The molecule has 9 heteroatoms. The maximum atomic E-state index is 12.2. The number of phenols is 1. The van der Waals surface area contributed by atoms with Crippen LogP contribution in [-0.4, -0.2) is 5.11 Å². The number of aromatic hydroxyl groups is 1. The summed E-state index contributed by atoms with van der Waals surface area (Å²) in [4.78, 5) is -2.23. The summed E-state index contributed by atoms with van der Waals surface area (Å²) in [5.74, 6) is -0.859. The molecule has 0 heterocycles. The van der Waals surface area contributed by atoms with Crippen molar-refractivity contribution in [1.29, 1.82) is 0 Å². The van der Waals surface area contributed by atoms with Gasteiger partial charge in [-0.3, -0.25) is 0 Å². The van der Waals surface area contributed by atoms with E-state index in [1.165, 1.54) is 0 Å². The summed E-state index contributed by atoms with van der Waals surface area (Å²) in [7, 11) is -9.80. The highest BCUT2D eigenvalue weighted by atomic mass is 35.5. The van der Waals surface area contributed by atoms with Gasteiger partial charge in [0, 0.05) is 0 Å². The molecule has 0 saturated heterocycles. The lowest BCUT2D eigenvalue weighted by atomic mass is 10.3. The van der Waals surface area contributed by atoms with Gasteiger partial charge in [-0.1, -0.05) is 31.0 Å². The summed E-state index contributed by atoms with van der Waals surface area (Å²) < 4.78 is 61.2. The van der Waals surface area contributed by atoms with Gasteiger partial charge in [0.05, 0.1) is 10.7 Å². The maximum absolute atomic E-state index is 12.2. The number of anilines is 1. The number of rotatable bonds is 1. The first-order valence-electron chi connectivity index (χ1n) is 3.33. The summed E-state index contributed by atoms with van der Waals surface area (Å²) in [6.45, 7) is 0. The Kier molecular flexibility index (Phi) is 1.98. The molecule has 0 aliphatic carbocycles. The Morgan fingerprint density at radius 3 is 1.93 bits per heavy atom. The van der Waals surface area contributed by atoms with Crippen LogP contribution in [0.25, 0.3) is 0 Å². The lowest BCUT2D eigenvalue weighted by Gasteiger charge is -2.40. The van der Waals surface area contributed by atoms with Crippen LogP contribution in [0.1, 0.15) is 0 Å². The van der Waals surface area contributed by atoms with Crippen LogP contribution >= 0.6 is 21.8 Å². The number of benzene rings is 1. The average Bonchev–Trinajstić information content (AvgIpc) is 1.94. The number of nitrogen functional groups attached to an aromatic ring is 1. The molecule has 0 saturated carbocycles. The van der Waals surface area contributed by atoms with Gasteiger partial charge in [0.2, 0.25) is 0 Å². The quantitative estimate of drug-likeness (QED) is 0.454. The van der Waals surface area contributed by atoms with Gasteiger partial charge in [0.25, 0.3) is 0 Å².